The first-order chi connectivity index (χ1) is 5.58. The summed E-state index contributed by atoms with van der Waals surface area (Å²) in [5.74, 6) is 0. The van der Waals surface area contributed by atoms with Gasteiger partial charge in [-0.25, -0.2) is 4.79 Å². The van der Waals surface area contributed by atoms with E-state index in [-0.39, 0.29) is 0 Å². The van der Waals surface area contributed by atoms with Gasteiger partial charge in [-0.2, -0.15) is 0 Å². The first kappa shape index (κ1) is 8.59. The van der Waals surface area contributed by atoms with Gasteiger partial charge in [-0.05, 0) is 37.1 Å². The third-order valence-electron chi connectivity index (χ3n) is 1.47. The molecule has 0 saturated carbocycles. The lowest BCUT2D eigenvalue weighted by molar-refractivity contribution is 0.210. The van der Waals surface area contributed by atoms with Crippen LogP contribution in [-0.2, 0) is 0 Å². The van der Waals surface area contributed by atoms with Crippen LogP contribution in [0.2, 0.25) is 0 Å². The van der Waals surface area contributed by atoms with Gasteiger partial charge in [-0.1, -0.05) is 6.07 Å². The van der Waals surface area contributed by atoms with Crippen LogP contribution in [-0.4, -0.2) is 11.2 Å². The normalized spacial score (nSPS) is 9.50. The Morgan fingerprint density at radius 3 is 2.17 bits per heavy atom. The van der Waals surface area contributed by atoms with Crippen molar-refractivity contribution in [1.82, 2.24) is 0 Å². The third-order valence-corrected chi connectivity index (χ3v) is 1.47. The van der Waals surface area contributed by atoms with E-state index in [1.807, 2.05) is 19.9 Å². The summed E-state index contributed by atoms with van der Waals surface area (Å²) in [5.41, 5.74) is 2.73. The molecule has 0 atom stereocenters. The number of hydrogen-bond acceptors (Lipinski definition) is 1. The minimum atomic E-state index is -1.03. The number of aryl methyl sites for hydroxylation is 2. The van der Waals surface area contributed by atoms with Crippen LogP contribution in [0.15, 0.2) is 18.2 Å². The van der Waals surface area contributed by atoms with Crippen LogP contribution in [0.5, 0.6) is 0 Å². The third kappa shape index (κ3) is 2.27. The lowest BCUT2D eigenvalue weighted by atomic mass is 10.1. The molecule has 2 N–H and O–H groups in total. The van der Waals surface area contributed by atoms with Crippen molar-refractivity contribution in [1.29, 1.82) is 0 Å². The minimum absolute atomic E-state index is 0.625. The largest absolute Gasteiger partial charge is 0.465 e. The molecule has 0 spiro atoms. The second-order valence-electron chi connectivity index (χ2n) is 2.81. The van der Waals surface area contributed by atoms with Gasteiger partial charge in [0.1, 0.15) is 0 Å². The van der Waals surface area contributed by atoms with E-state index in [4.69, 9.17) is 5.11 Å². The molecule has 0 aromatic heterocycles. The molecule has 3 nitrogen and oxygen atoms in total. The maximum atomic E-state index is 10.3. The second kappa shape index (κ2) is 3.26. The quantitative estimate of drug-likeness (QED) is 0.671. The zero-order valence-corrected chi connectivity index (χ0v) is 7.09. The molecule has 1 aromatic carbocycles. The smallest absolute Gasteiger partial charge is 0.409 e. The van der Waals surface area contributed by atoms with Gasteiger partial charge in [0.15, 0.2) is 0 Å². The van der Waals surface area contributed by atoms with E-state index in [1.54, 1.807) is 12.1 Å². The zero-order valence-electron chi connectivity index (χ0n) is 7.09. The second-order valence-corrected chi connectivity index (χ2v) is 2.81. The number of amides is 1. The maximum Gasteiger partial charge on any atom is 0.409 e. The lowest BCUT2D eigenvalue weighted by Crippen LogP contribution is -2.07. The van der Waals surface area contributed by atoms with Gasteiger partial charge in [0.2, 0.25) is 0 Å². The Bertz CT molecular complexity index is 287. The van der Waals surface area contributed by atoms with E-state index in [0.29, 0.717) is 5.69 Å². The van der Waals surface area contributed by atoms with Gasteiger partial charge in [0.05, 0.1) is 0 Å². The molecule has 0 aliphatic rings. The predicted molar refractivity (Wildman–Crippen MR) is 47.6 cm³/mol. The average Bonchev–Trinajstić information content (AvgIpc) is 1.81. The lowest BCUT2D eigenvalue weighted by Gasteiger charge is -2.03. The van der Waals surface area contributed by atoms with Gasteiger partial charge in [0, 0.05) is 5.69 Å². The van der Waals surface area contributed by atoms with Gasteiger partial charge in [-0.15, -0.1) is 0 Å². The summed E-state index contributed by atoms with van der Waals surface area (Å²) in [4.78, 5) is 10.3. The molecule has 0 heterocycles. The molecule has 0 fully saturated rings. The predicted octanol–water partition coefficient (Wildman–Crippen LogP) is 2.39. The Hall–Kier alpha value is -1.51. The van der Waals surface area contributed by atoms with Crippen molar-refractivity contribution in [2.45, 2.75) is 13.8 Å². The van der Waals surface area contributed by atoms with Crippen molar-refractivity contribution in [3.8, 4) is 0 Å². The van der Waals surface area contributed by atoms with Crippen LogP contribution in [0.4, 0.5) is 10.5 Å². The van der Waals surface area contributed by atoms with Gasteiger partial charge < -0.3 is 5.11 Å². The fourth-order valence-corrected chi connectivity index (χ4v) is 1.17. The molecular formula is C9H11NO2. The highest BCUT2D eigenvalue weighted by Gasteiger charge is 1.98. The summed E-state index contributed by atoms with van der Waals surface area (Å²) in [6.07, 6.45) is -1.03. The van der Waals surface area contributed by atoms with Crippen molar-refractivity contribution >= 4 is 11.8 Å². The molecule has 1 aromatic rings. The first-order valence-electron chi connectivity index (χ1n) is 3.66. The highest BCUT2D eigenvalue weighted by atomic mass is 16.4. The molecule has 1 amide bonds. The van der Waals surface area contributed by atoms with Crippen molar-refractivity contribution < 1.29 is 9.90 Å². The van der Waals surface area contributed by atoms with Gasteiger partial charge >= 0.3 is 6.09 Å². The summed E-state index contributed by atoms with van der Waals surface area (Å²) >= 11 is 0. The molecular weight excluding hydrogens is 154 g/mol. The molecule has 0 unspecified atom stereocenters. The molecule has 0 radical (unpaired) electrons. The standard InChI is InChI=1S/C9H11NO2/c1-6-3-7(2)5-8(4-6)10-9(11)12/h3-5,10H,1-2H3,(H,11,12). The SMILES string of the molecule is Cc1cc(C)cc(NC(=O)O)c1. The Labute approximate surface area is 71.0 Å². The van der Waals surface area contributed by atoms with Crippen molar-refractivity contribution in [3.63, 3.8) is 0 Å². The van der Waals surface area contributed by atoms with Gasteiger partial charge in [-0.3, -0.25) is 5.32 Å². The Kier molecular flexibility index (Phi) is 2.33. The molecule has 12 heavy (non-hydrogen) atoms. The molecule has 0 bridgehead atoms. The number of anilines is 1. The van der Waals surface area contributed by atoms with Crippen molar-refractivity contribution in [2.75, 3.05) is 5.32 Å². The Balaban J connectivity index is 2.93. The van der Waals surface area contributed by atoms with Crippen molar-refractivity contribution in [3.05, 3.63) is 29.3 Å². The molecule has 0 aliphatic carbocycles. The number of hydrogen-bond donors (Lipinski definition) is 2. The monoisotopic (exact) mass is 165 g/mol. The van der Waals surface area contributed by atoms with E-state index in [1.165, 1.54) is 0 Å². The average molecular weight is 165 g/mol. The fourth-order valence-electron chi connectivity index (χ4n) is 1.17. The van der Waals surface area contributed by atoms with Crippen LogP contribution >= 0.6 is 0 Å². The molecule has 64 valence electrons. The van der Waals surface area contributed by atoms with Crippen LogP contribution in [0.3, 0.4) is 0 Å². The highest BCUT2D eigenvalue weighted by molar-refractivity contribution is 5.83. The summed E-state index contributed by atoms with van der Waals surface area (Å²) in [5, 5.41) is 10.7. The number of carbonyl (C=O) groups is 1. The van der Waals surface area contributed by atoms with E-state index in [0.717, 1.165) is 11.1 Å². The van der Waals surface area contributed by atoms with Crippen LogP contribution < -0.4 is 5.32 Å². The maximum absolute atomic E-state index is 10.3. The molecule has 0 aliphatic heterocycles. The number of carboxylic acid groups (broad SMARTS) is 1. The molecule has 1 rings (SSSR count). The first-order valence-corrected chi connectivity index (χ1v) is 3.66. The molecule has 0 saturated heterocycles. The topological polar surface area (TPSA) is 49.3 Å². The number of nitrogens with one attached hydrogen (secondary N) is 1. The summed E-state index contributed by atoms with van der Waals surface area (Å²) in [6.45, 7) is 3.86. The minimum Gasteiger partial charge on any atom is -0.465 e. The van der Waals surface area contributed by atoms with Gasteiger partial charge in [0.25, 0.3) is 0 Å². The Morgan fingerprint density at radius 2 is 1.75 bits per heavy atom. The summed E-state index contributed by atoms with van der Waals surface area (Å²) < 4.78 is 0. The highest BCUT2D eigenvalue weighted by Crippen LogP contribution is 2.13. The fraction of sp³-hybridized carbons (Fsp3) is 0.222. The van der Waals surface area contributed by atoms with E-state index < -0.39 is 6.09 Å². The summed E-state index contributed by atoms with van der Waals surface area (Å²) in [7, 11) is 0. The number of rotatable bonds is 1. The van der Waals surface area contributed by atoms with Crippen molar-refractivity contribution in [2.24, 2.45) is 0 Å². The number of benzene rings is 1. The van der Waals surface area contributed by atoms with E-state index >= 15 is 0 Å². The summed E-state index contributed by atoms with van der Waals surface area (Å²) in [6, 6.07) is 5.58. The molecule has 3 heteroatoms. The van der Waals surface area contributed by atoms with Crippen LogP contribution in [0.25, 0.3) is 0 Å². The van der Waals surface area contributed by atoms with E-state index in [9.17, 15) is 4.79 Å². The van der Waals surface area contributed by atoms with Crippen LogP contribution in [0, 0.1) is 13.8 Å². The zero-order chi connectivity index (χ0) is 9.14. The Morgan fingerprint density at radius 1 is 1.25 bits per heavy atom. The van der Waals surface area contributed by atoms with E-state index in [2.05, 4.69) is 5.32 Å². The van der Waals surface area contributed by atoms with Crippen LogP contribution in [0.1, 0.15) is 11.1 Å².